The van der Waals surface area contributed by atoms with Crippen LogP contribution in [-0.4, -0.2) is 95.5 Å². The number of nitrogens with two attached hydrogens (primary N) is 2. The summed E-state index contributed by atoms with van der Waals surface area (Å²) in [4.78, 5) is 76.0. The average Bonchev–Trinajstić information content (AvgIpc) is 2.96. The van der Waals surface area contributed by atoms with Gasteiger partial charge in [0, 0.05) is 30.7 Å². The fraction of sp³-hybridized carbons (Fsp3) is 0.652. The van der Waals surface area contributed by atoms with Crippen LogP contribution in [0.4, 0.5) is 5.82 Å². The summed E-state index contributed by atoms with van der Waals surface area (Å²) in [5.41, 5.74) is 10.8. The molecule has 1 aromatic heterocycles. The van der Waals surface area contributed by atoms with Crippen LogP contribution in [0.2, 0.25) is 0 Å². The lowest BCUT2D eigenvalue weighted by Gasteiger charge is -2.22. The summed E-state index contributed by atoms with van der Waals surface area (Å²) < 4.78 is 52.0. The number of aliphatic hydroxyl groups is 1. The minimum Gasteiger partial charge on any atom is -0.391 e. The van der Waals surface area contributed by atoms with Crippen molar-refractivity contribution in [2.75, 3.05) is 36.9 Å². The Balaban J connectivity index is 2.59. The Bertz CT molecular complexity index is 1500. The summed E-state index contributed by atoms with van der Waals surface area (Å²) in [5, 5.41) is 15.3. The largest absolute Gasteiger partial charge is 0.490 e. The van der Waals surface area contributed by atoms with E-state index in [0.717, 1.165) is 30.0 Å². The molecule has 0 saturated heterocycles. The molecule has 0 fully saturated rings. The van der Waals surface area contributed by atoms with Crippen LogP contribution < -0.4 is 27.8 Å². The number of anilines is 1. The second-order valence-corrected chi connectivity index (χ2v) is 16.8. The van der Waals surface area contributed by atoms with Gasteiger partial charge in [-0.1, -0.05) is 53.2 Å². The fourth-order valence-corrected chi connectivity index (χ4v) is 8.29. The predicted octanol–water partition coefficient (Wildman–Crippen LogP) is -0.235. The zero-order valence-electron chi connectivity index (χ0n) is 26.4. The van der Waals surface area contributed by atoms with Crippen molar-refractivity contribution in [3.05, 3.63) is 22.2 Å². The number of amides is 2. The minimum absolute atomic E-state index is 0.0667. The second kappa shape index (κ2) is 22.2. The van der Waals surface area contributed by atoms with Crippen molar-refractivity contribution >= 4 is 62.7 Å². The summed E-state index contributed by atoms with van der Waals surface area (Å²) in [6.45, 7) is 2.15. The molecule has 0 saturated carbocycles. The van der Waals surface area contributed by atoms with Gasteiger partial charge in [0.1, 0.15) is 18.7 Å². The van der Waals surface area contributed by atoms with Gasteiger partial charge < -0.3 is 51.5 Å². The van der Waals surface area contributed by atoms with Crippen LogP contribution >= 0.6 is 45.1 Å². The second-order valence-electron chi connectivity index (χ2n) is 9.79. The molecule has 1 heterocycles. The molecule has 0 spiro atoms. The van der Waals surface area contributed by atoms with Crippen molar-refractivity contribution in [3.63, 3.8) is 0 Å². The quantitative estimate of drug-likeness (QED) is 0.0299. The number of carbonyl (C=O) groups excluding carboxylic acids is 2. The van der Waals surface area contributed by atoms with Gasteiger partial charge in [-0.2, -0.15) is 13.6 Å². The number of phosphoric acid groups is 3. The molecule has 0 aromatic carbocycles. The average molecular weight is 799 g/mol. The first-order valence-corrected chi connectivity index (χ1v) is 21.2. The smallest absolute Gasteiger partial charge is 0.391 e. The van der Waals surface area contributed by atoms with E-state index in [-0.39, 0.29) is 36.2 Å². The van der Waals surface area contributed by atoms with Crippen LogP contribution in [0.15, 0.2) is 11.0 Å². The number of nitrogen functional groups attached to an aromatic ring is 1. The number of hydrogen-bond acceptors (Lipinski definition) is 16. The Morgan fingerprint density at radius 1 is 1.10 bits per heavy atom. The number of aliphatic hydroxyl groups excluding tert-OH is 1. The van der Waals surface area contributed by atoms with E-state index in [2.05, 4.69) is 47.5 Å². The van der Waals surface area contributed by atoms with Crippen LogP contribution in [0.3, 0.4) is 0 Å². The highest BCUT2D eigenvalue weighted by molar-refractivity contribution is 8.76. The summed E-state index contributed by atoms with van der Waals surface area (Å²) in [6, 6.07) is -0.649. The van der Waals surface area contributed by atoms with Gasteiger partial charge >= 0.3 is 29.2 Å². The Morgan fingerprint density at radius 3 is 2.43 bits per heavy atom. The lowest BCUT2D eigenvalue weighted by molar-refractivity contribution is -0.122. The van der Waals surface area contributed by atoms with Gasteiger partial charge in [0.25, 0.3) is 0 Å². The summed E-state index contributed by atoms with van der Waals surface area (Å²) >= 11 is 0. The molecule has 49 heavy (non-hydrogen) atoms. The zero-order chi connectivity index (χ0) is 37.3. The zero-order valence-corrected chi connectivity index (χ0v) is 30.7. The van der Waals surface area contributed by atoms with Crippen molar-refractivity contribution in [2.45, 2.75) is 64.5 Å². The first-order valence-electron chi connectivity index (χ1n) is 14.2. The Kier molecular flexibility index (Phi) is 20.5. The maximum absolute atomic E-state index is 12.3. The molecule has 2 amide bonds. The third-order valence-corrected chi connectivity index (χ3v) is 11.8. The number of hydrogen-bond donors (Lipinski definition) is 9. The number of nitrogens with zero attached hydrogens (tertiary/aromatic N) is 2. The standard InChI is InChI=1S/C23H41N6O15P3S2/c1-3-4-5-9-27-22(32)18(24)14-49-48-11-8-20(31)26-10-6-7-17-12-29(23(33)28-21(17)25)15-41-19(16(2)30)13-42-46(37,38)44-47(39,40)43-45(34,35)36/h12,16,18-19,30H,3-5,8-11,13-15,24H2,1-2H3,(H,26,31)(H,27,32)(H,37,38)(H,39,40)(H2,25,28,33)(H2,34,35,36). The van der Waals surface area contributed by atoms with E-state index in [9.17, 15) is 43.0 Å². The van der Waals surface area contributed by atoms with Crippen LogP contribution in [0, 0.1) is 11.8 Å². The summed E-state index contributed by atoms with van der Waals surface area (Å²) in [5.74, 6) is 5.42. The van der Waals surface area contributed by atoms with Crippen LogP contribution in [0.25, 0.3) is 0 Å². The van der Waals surface area contributed by atoms with E-state index in [1.165, 1.54) is 28.5 Å². The number of rotatable bonds is 23. The van der Waals surface area contributed by atoms with Crippen molar-refractivity contribution in [2.24, 2.45) is 5.73 Å². The molecule has 0 aliphatic rings. The molecule has 5 atom stereocenters. The van der Waals surface area contributed by atoms with Gasteiger partial charge in [0.15, 0.2) is 0 Å². The Labute approximate surface area is 289 Å². The number of phosphoric ester groups is 1. The number of carbonyl (C=O) groups is 2. The monoisotopic (exact) mass is 798 g/mol. The highest BCUT2D eigenvalue weighted by Gasteiger charge is 2.41. The first kappa shape index (κ1) is 45.2. The van der Waals surface area contributed by atoms with Crippen LogP contribution in [-0.2, 0) is 47.9 Å². The van der Waals surface area contributed by atoms with Gasteiger partial charge in [-0.3, -0.25) is 18.7 Å². The summed E-state index contributed by atoms with van der Waals surface area (Å²) in [6.07, 6.45) is 1.42. The van der Waals surface area contributed by atoms with Crippen LogP contribution in [0.5, 0.6) is 0 Å². The number of ether oxygens (including phenoxy) is 1. The molecule has 280 valence electrons. The molecule has 0 aliphatic heterocycles. The molecule has 21 nitrogen and oxygen atoms in total. The number of unbranched alkanes of at least 4 members (excludes halogenated alkanes) is 2. The third kappa shape index (κ3) is 20.6. The number of aromatic nitrogens is 2. The van der Waals surface area contributed by atoms with Crippen molar-refractivity contribution < 1.29 is 65.8 Å². The highest BCUT2D eigenvalue weighted by Crippen LogP contribution is 2.66. The van der Waals surface area contributed by atoms with Gasteiger partial charge in [-0.25, -0.2) is 18.5 Å². The molecule has 0 radical (unpaired) electrons. The van der Waals surface area contributed by atoms with Gasteiger partial charge in [-0.15, -0.1) is 0 Å². The van der Waals surface area contributed by atoms with E-state index in [4.69, 9.17) is 26.0 Å². The van der Waals surface area contributed by atoms with Gasteiger partial charge in [-0.05, 0) is 13.3 Å². The lowest BCUT2D eigenvalue weighted by Crippen LogP contribution is -2.42. The van der Waals surface area contributed by atoms with E-state index < -0.39 is 60.7 Å². The molecule has 0 bridgehead atoms. The maximum Gasteiger partial charge on any atom is 0.490 e. The lowest BCUT2D eigenvalue weighted by atomic mass is 10.2. The molecule has 26 heteroatoms. The Hall–Kier alpha value is -1.83. The van der Waals surface area contributed by atoms with Crippen LogP contribution in [0.1, 0.15) is 45.1 Å². The molecule has 1 aromatic rings. The van der Waals surface area contributed by atoms with Gasteiger partial charge in [0.2, 0.25) is 11.8 Å². The molecule has 5 unspecified atom stereocenters. The van der Waals surface area contributed by atoms with Gasteiger partial charge in [0.05, 0.1) is 30.9 Å². The Morgan fingerprint density at radius 2 is 1.80 bits per heavy atom. The molecule has 0 aliphatic carbocycles. The van der Waals surface area contributed by atoms with Crippen molar-refractivity contribution in [3.8, 4) is 11.8 Å². The normalized spacial score (nSPS) is 15.9. The maximum atomic E-state index is 12.3. The van der Waals surface area contributed by atoms with Crippen molar-refractivity contribution in [1.29, 1.82) is 0 Å². The van der Waals surface area contributed by atoms with Crippen molar-refractivity contribution in [1.82, 2.24) is 20.2 Å². The number of nitrogens with one attached hydrogen (secondary N) is 2. The topological polar surface area (TPSA) is 334 Å². The predicted molar refractivity (Wildman–Crippen MR) is 179 cm³/mol. The highest BCUT2D eigenvalue weighted by atomic mass is 33.1. The molecule has 1 rings (SSSR count). The fourth-order valence-electron chi connectivity index (χ4n) is 3.15. The van der Waals surface area contributed by atoms with E-state index in [1.54, 1.807) is 0 Å². The molecule has 11 N–H and O–H groups in total. The summed E-state index contributed by atoms with van der Waals surface area (Å²) in [7, 11) is -14.1. The molecular formula is C23H41N6O15P3S2. The molecular weight excluding hydrogens is 757 g/mol. The SMILES string of the molecule is CCCCCNC(=O)C(N)CSSCCC(=O)NCC#Cc1cn(COC(COP(=O)(O)OP(=O)(O)OP(=O)(O)O)C(C)O)c(=O)nc1N. The minimum atomic E-state index is -5.76. The van der Waals surface area contributed by atoms with E-state index in [1.807, 2.05) is 0 Å². The van der Waals surface area contributed by atoms with E-state index in [0.29, 0.717) is 18.1 Å². The third-order valence-electron chi connectivity index (χ3n) is 5.56. The van der Waals surface area contributed by atoms with E-state index >= 15 is 0 Å². The first-order chi connectivity index (χ1) is 22.7.